The first-order chi connectivity index (χ1) is 21.1. The van der Waals surface area contributed by atoms with Crippen LogP contribution in [-0.4, -0.2) is 96.9 Å². The lowest BCUT2D eigenvalue weighted by Crippen LogP contribution is -2.51. The molecular formula is C34H52N2O7. The standard InChI is InChI=1S/C34H52N2O7/c1-4-8-28(37)25-43-33-23-35-22-32(34(33)27-10-12-29(13-11-27)40-19-6-5-17-38-2)42-24-26-9-14-31-30(21-26)36(16-20-41-31)15-7-18-39-3/h9-14,21,28,32-35,37H,4-8,15-20,22-25H2,1-3H3/t28?,32-,33+,34+/m0/s1. The molecule has 9 nitrogen and oxygen atoms in total. The average Bonchev–Trinajstić information content (AvgIpc) is 3.03. The van der Waals surface area contributed by atoms with Gasteiger partial charge in [0, 0.05) is 53.0 Å². The normalized spacial score (nSPS) is 20.8. The van der Waals surface area contributed by atoms with Gasteiger partial charge in [0.15, 0.2) is 0 Å². The van der Waals surface area contributed by atoms with Gasteiger partial charge in [-0.25, -0.2) is 0 Å². The van der Waals surface area contributed by atoms with E-state index in [1.165, 1.54) is 0 Å². The first-order valence-electron chi connectivity index (χ1n) is 16.0. The van der Waals surface area contributed by atoms with Gasteiger partial charge in [0.25, 0.3) is 0 Å². The van der Waals surface area contributed by atoms with E-state index in [2.05, 4.69) is 47.5 Å². The second-order valence-corrected chi connectivity index (χ2v) is 11.4. The molecule has 2 aliphatic heterocycles. The van der Waals surface area contributed by atoms with Crippen molar-refractivity contribution >= 4 is 5.69 Å². The fourth-order valence-corrected chi connectivity index (χ4v) is 5.84. The van der Waals surface area contributed by atoms with Crippen molar-refractivity contribution in [2.45, 2.75) is 69.9 Å². The van der Waals surface area contributed by atoms with Gasteiger partial charge in [0.1, 0.15) is 18.1 Å². The van der Waals surface area contributed by atoms with Crippen molar-refractivity contribution in [1.82, 2.24) is 5.32 Å². The molecule has 1 unspecified atom stereocenters. The Labute approximate surface area is 257 Å². The Morgan fingerprint density at radius 2 is 1.70 bits per heavy atom. The third kappa shape index (κ3) is 10.3. The first-order valence-corrected chi connectivity index (χ1v) is 16.0. The number of fused-ring (bicyclic) bond motifs is 1. The van der Waals surface area contributed by atoms with E-state index in [0.717, 1.165) is 93.3 Å². The van der Waals surface area contributed by atoms with Gasteiger partial charge in [-0.05, 0) is 61.1 Å². The van der Waals surface area contributed by atoms with Crippen molar-refractivity contribution in [3.05, 3.63) is 53.6 Å². The number of methoxy groups -OCH3 is 2. The summed E-state index contributed by atoms with van der Waals surface area (Å²) in [5.41, 5.74) is 3.38. The maximum Gasteiger partial charge on any atom is 0.142 e. The van der Waals surface area contributed by atoms with Gasteiger partial charge in [0.2, 0.25) is 0 Å². The van der Waals surface area contributed by atoms with Crippen molar-refractivity contribution in [3.8, 4) is 11.5 Å². The van der Waals surface area contributed by atoms with E-state index in [9.17, 15) is 5.11 Å². The molecule has 0 aliphatic carbocycles. The number of piperidine rings is 1. The van der Waals surface area contributed by atoms with Crippen LogP contribution in [0.15, 0.2) is 42.5 Å². The van der Waals surface area contributed by atoms with Crippen molar-refractivity contribution in [2.24, 2.45) is 0 Å². The summed E-state index contributed by atoms with van der Waals surface area (Å²) in [5.74, 6) is 1.79. The summed E-state index contributed by atoms with van der Waals surface area (Å²) < 4.78 is 35.3. The number of aliphatic hydroxyl groups excluding tert-OH is 1. The summed E-state index contributed by atoms with van der Waals surface area (Å²) in [4.78, 5) is 2.37. The van der Waals surface area contributed by atoms with Crippen LogP contribution in [0.25, 0.3) is 0 Å². The summed E-state index contributed by atoms with van der Waals surface area (Å²) in [6.07, 6.45) is 3.86. The molecule has 0 spiro atoms. The molecule has 0 amide bonds. The molecule has 4 atom stereocenters. The fraction of sp³-hybridized carbons (Fsp3) is 0.647. The van der Waals surface area contributed by atoms with Crippen LogP contribution in [0.5, 0.6) is 11.5 Å². The Morgan fingerprint density at radius 3 is 2.47 bits per heavy atom. The second kappa shape index (κ2) is 18.4. The lowest BCUT2D eigenvalue weighted by molar-refractivity contribution is -0.0783. The molecule has 2 N–H and O–H groups in total. The lowest BCUT2D eigenvalue weighted by Gasteiger charge is -2.39. The number of hydrogen-bond acceptors (Lipinski definition) is 9. The van der Waals surface area contributed by atoms with Gasteiger partial charge >= 0.3 is 0 Å². The van der Waals surface area contributed by atoms with Gasteiger partial charge in [0.05, 0.1) is 50.4 Å². The molecule has 2 heterocycles. The molecule has 1 fully saturated rings. The number of ether oxygens (including phenoxy) is 6. The van der Waals surface area contributed by atoms with Gasteiger partial charge in [-0.3, -0.25) is 0 Å². The number of rotatable bonds is 19. The van der Waals surface area contributed by atoms with Gasteiger partial charge < -0.3 is 43.7 Å². The zero-order chi connectivity index (χ0) is 30.3. The van der Waals surface area contributed by atoms with E-state index in [1.54, 1.807) is 14.2 Å². The number of benzene rings is 2. The molecule has 2 aromatic carbocycles. The Bertz CT molecular complexity index is 1050. The minimum atomic E-state index is -0.467. The van der Waals surface area contributed by atoms with Crippen LogP contribution in [0.4, 0.5) is 5.69 Å². The number of aliphatic hydroxyl groups is 1. The lowest BCUT2D eigenvalue weighted by atomic mass is 9.85. The predicted molar refractivity (Wildman–Crippen MR) is 169 cm³/mol. The Kier molecular flexibility index (Phi) is 14.3. The molecule has 0 aromatic heterocycles. The van der Waals surface area contributed by atoms with Crippen molar-refractivity contribution in [3.63, 3.8) is 0 Å². The topological polar surface area (TPSA) is 90.9 Å². The third-order valence-electron chi connectivity index (χ3n) is 8.12. The largest absolute Gasteiger partial charge is 0.494 e. The molecule has 43 heavy (non-hydrogen) atoms. The number of anilines is 1. The zero-order valence-electron chi connectivity index (χ0n) is 26.3. The minimum Gasteiger partial charge on any atom is -0.494 e. The number of unbranched alkanes of at least 4 members (excludes halogenated alkanes) is 1. The molecule has 2 aliphatic rings. The highest BCUT2D eigenvalue weighted by molar-refractivity contribution is 5.61. The van der Waals surface area contributed by atoms with E-state index < -0.39 is 6.10 Å². The van der Waals surface area contributed by atoms with Crippen molar-refractivity contribution in [2.75, 3.05) is 78.3 Å². The van der Waals surface area contributed by atoms with Crippen molar-refractivity contribution in [1.29, 1.82) is 0 Å². The highest BCUT2D eigenvalue weighted by Gasteiger charge is 2.36. The summed E-state index contributed by atoms with van der Waals surface area (Å²) >= 11 is 0. The highest BCUT2D eigenvalue weighted by atomic mass is 16.5. The van der Waals surface area contributed by atoms with E-state index in [-0.39, 0.29) is 18.1 Å². The summed E-state index contributed by atoms with van der Waals surface area (Å²) in [7, 11) is 3.47. The maximum atomic E-state index is 10.4. The molecule has 2 aromatic rings. The number of nitrogens with zero attached hydrogens (tertiary/aromatic N) is 1. The summed E-state index contributed by atoms with van der Waals surface area (Å²) in [6.45, 7) is 8.94. The molecule has 4 rings (SSSR count). The predicted octanol–water partition coefficient (Wildman–Crippen LogP) is 4.55. The van der Waals surface area contributed by atoms with E-state index in [1.807, 2.05) is 12.1 Å². The van der Waals surface area contributed by atoms with E-state index in [0.29, 0.717) is 33.0 Å². The SMILES string of the molecule is CCCC(O)CO[C@@H]1CNC[C@H](OCc2ccc3c(c2)N(CCCOC)CCO3)[C@H]1c1ccc(OCCCCOC)cc1. The minimum absolute atomic E-state index is 0.0114. The average molecular weight is 601 g/mol. The van der Waals surface area contributed by atoms with Crippen LogP contribution >= 0.6 is 0 Å². The van der Waals surface area contributed by atoms with Gasteiger partial charge in [-0.2, -0.15) is 0 Å². The van der Waals surface area contributed by atoms with Crippen LogP contribution in [0.2, 0.25) is 0 Å². The molecule has 1 saturated heterocycles. The molecule has 9 heteroatoms. The van der Waals surface area contributed by atoms with Gasteiger partial charge in [-0.1, -0.05) is 31.5 Å². The number of hydrogen-bond donors (Lipinski definition) is 2. The van der Waals surface area contributed by atoms with Crippen LogP contribution in [0.1, 0.15) is 56.1 Å². The molecular weight excluding hydrogens is 548 g/mol. The molecule has 0 bridgehead atoms. The second-order valence-electron chi connectivity index (χ2n) is 11.4. The molecule has 0 saturated carbocycles. The molecule has 0 radical (unpaired) electrons. The van der Waals surface area contributed by atoms with Crippen LogP contribution < -0.4 is 19.7 Å². The fourth-order valence-electron chi connectivity index (χ4n) is 5.84. The summed E-state index contributed by atoms with van der Waals surface area (Å²) in [5, 5.41) is 13.9. The van der Waals surface area contributed by atoms with E-state index >= 15 is 0 Å². The maximum absolute atomic E-state index is 10.4. The van der Waals surface area contributed by atoms with Crippen LogP contribution in [0, 0.1) is 0 Å². The third-order valence-corrected chi connectivity index (χ3v) is 8.12. The summed E-state index contributed by atoms with van der Waals surface area (Å²) in [6, 6.07) is 14.7. The monoisotopic (exact) mass is 600 g/mol. The highest BCUT2D eigenvalue weighted by Crippen LogP contribution is 2.35. The van der Waals surface area contributed by atoms with E-state index in [4.69, 9.17) is 28.4 Å². The van der Waals surface area contributed by atoms with Crippen LogP contribution in [-0.2, 0) is 25.6 Å². The van der Waals surface area contributed by atoms with Gasteiger partial charge in [-0.15, -0.1) is 0 Å². The first kappa shape index (κ1) is 33.5. The Morgan fingerprint density at radius 1 is 0.953 bits per heavy atom. The smallest absolute Gasteiger partial charge is 0.142 e. The quantitative estimate of drug-likeness (QED) is 0.226. The van der Waals surface area contributed by atoms with Crippen molar-refractivity contribution < 1.29 is 33.5 Å². The zero-order valence-corrected chi connectivity index (χ0v) is 26.3. The molecule has 240 valence electrons. The number of nitrogens with one attached hydrogen (secondary N) is 1. The Balaban J connectivity index is 1.45. The Hall–Kier alpha value is -2.40. The van der Waals surface area contributed by atoms with Crippen LogP contribution in [0.3, 0.4) is 0 Å².